The summed E-state index contributed by atoms with van der Waals surface area (Å²) in [6, 6.07) is 0.240. The van der Waals surface area contributed by atoms with Gasteiger partial charge < -0.3 is 15.3 Å². The third kappa shape index (κ3) is 3.20. The first kappa shape index (κ1) is 13.7. The van der Waals surface area contributed by atoms with Crippen LogP contribution in [0.1, 0.15) is 36.7 Å². The van der Waals surface area contributed by atoms with Crippen LogP contribution in [-0.4, -0.2) is 51.6 Å². The van der Waals surface area contributed by atoms with E-state index >= 15 is 0 Å². The number of aliphatic hydroxyl groups excluding tert-OH is 1. The largest absolute Gasteiger partial charge is 0.395 e. The van der Waals surface area contributed by atoms with Crippen molar-refractivity contribution >= 4 is 11.7 Å². The minimum absolute atomic E-state index is 0.0252. The third-order valence-electron chi connectivity index (χ3n) is 3.33. The average molecular weight is 264 g/mol. The van der Waals surface area contributed by atoms with Gasteiger partial charge in [0.25, 0.3) is 5.91 Å². The molecule has 0 aliphatic heterocycles. The van der Waals surface area contributed by atoms with Gasteiger partial charge in [0, 0.05) is 19.1 Å². The predicted octanol–water partition coefficient (Wildman–Crippen LogP) is 0.895. The number of nitrogens with one attached hydrogen (secondary N) is 1. The number of aromatic nitrogens is 2. The van der Waals surface area contributed by atoms with Crippen LogP contribution in [0.5, 0.6) is 0 Å². The zero-order chi connectivity index (χ0) is 13.7. The highest BCUT2D eigenvalue weighted by atomic mass is 16.3. The predicted molar refractivity (Wildman–Crippen MR) is 72.0 cm³/mol. The van der Waals surface area contributed by atoms with Gasteiger partial charge in [0.2, 0.25) is 0 Å². The van der Waals surface area contributed by atoms with Gasteiger partial charge in [0.15, 0.2) is 0 Å². The molecule has 0 saturated heterocycles. The van der Waals surface area contributed by atoms with E-state index in [1.807, 2.05) is 6.92 Å². The zero-order valence-electron chi connectivity index (χ0n) is 11.2. The average Bonchev–Trinajstić information content (AvgIpc) is 2.36. The van der Waals surface area contributed by atoms with Gasteiger partial charge in [-0.05, 0) is 26.2 Å². The van der Waals surface area contributed by atoms with Crippen molar-refractivity contribution in [2.24, 2.45) is 0 Å². The summed E-state index contributed by atoms with van der Waals surface area (Å²) in [6.07, 6.45) is 6.23. The third-order valence-corrected chi connectivity index (χ3v) is 3.33. The summed E-state index contributed by atoms with van der Waals surface area (Å²) in [7, 11) is 0. The van der Waals surface area contributed by atoms with Crippen molar-refractivity contribution in [3.05, 3.63) is 18.1 Å². The van der Waals surface area contributed by atoms with Crippen molar-refractivity contribution in [3.8, 4) is 0 Å². The second-order valence-corrected chi connectivity index (χ2v) is 4.63. The Bertz CT molecular complexity index is 434. The van der Waals surface area contributed by atoms with Crippen LogP contribution in [0.4, 0.5) is 5.82 Å². The number of anilines is 1. The van der Waals surface area contributed by atoms with E-state index in [9.17, 15) is 4.79 Å². The monoisotopic (exact) mass is 264 g/mol. The van der Waals surface area contributed by atoms with Gasteiger partial charge in [-0.3, -0.25) is 9.78 Å². The van der Waals surface area contributed by atoms with Crippen LogP contribution in [0.3, 0.4) is 0 Å². The molecule has 0 spiro atoms. The molecule has 2 N–H and O–H groups in total. The summed E-state index contributed by atoms with van der Waals surface area (Å²) in [6.45, 7) is 3.02. The Kier molecular flexibility index (Phi) is 4.68. The van der Waals surface area contributed by atoms with E-state index < -0.39 is 0 Å². The second-order valence-electron chi connectivity index (χ2n) is 4.63. The maximum Gasteiger partial charge on any atom is 0.274 e. The van der Waals surface area contributed by atoms with Gasteiger partial charge in [0.1, 0.15) is 11.5 Å². The van der Waals surface area contributed by atoms with Gasteiger partial charge in [0.05, 0.1) is 19.0 Å². The van der Waals surface area contributed by atoms with Crippen molar-refractivity contribution < 1.29 is 9.90 Å². The van der Waals surface area contributed by atoms with Gasteiger partial charge in [-0.15, -0.1) is 0 Å². The first-order chi connectivity index (χ1) is 9.26. The Labute approximate surface area is 112 Å². The number of rotatable bonds is 6. The van der Waals surface area contributed by atoms with E-state index in [-0.39, 0.29) is 18.6 Å². The number of nitrogens with zero attached hydrogens (tertiary/aromatic N) is 3. The van der Waals surface area contributed by atoms with Crippen LogP contribution >= 0.6 is 0 Å². The molecule has 19 heavy (non-hydrogen) atoms. The Morgan fingerprint density at radius 1 is 1.53 bits per heavy atom. The Hall–Kier alpha value is -1.69. The molecule has 6 nitrogen and oxygen atoms in total. The fourth-order valence-corrected chi connectivity index (χ4v) is 2.14. The number of aliphatic hydroxyl groups is 1. The topological polar surface area (TPSA) is 78.4 Å². The molecule has 104 valence electrons. The molecule has 0 bridgehead atoms. The molecular weight excluding hydrogens is 244 g/mol. The Morgan fingerprint density at radius 3 is 2.89 bits per heavy atom. The number of carbonyl (C=O) groups excluding carboxylic acids is 1. The highest BCUT2D eigenvalue weighted by Crippen LogP contribution is 2.25. The Morgan fingerprint density at radius 2 is 2.32 bits per heavy atom. The summed E-state index contributed by atoms with van der Waals surface area (Å²) >= 11 is 0. The summed E-state index contributed by atoms with van der Waals surface area (Å²) in [5, 5.41) is 12.1. The number of amides is 1. The summed E-state index contributed by atoms with van der Waals surface area (Å²) < 4.78 is 0. The van der Waals surface area contributed by atoms with Crippen molar-refractivity contribution in [2.75, 3.05) is 25.0 Å². The zero-order valence-corrected chi connectivity index (χ0v) is 11.2. The van der Waals surface area contributed by atoms with E-state index in [1.54, 1.807) is 11.1 Å². The van der Waals surface area contributed by atoms with E-state index in [1.165, 1.54) is 6.20 Å². The first-order valence-electron chi connectivity index (χ1n) is 6.74. The fourth-order valence-electron chi connectivity index (χ4n) is 2.14. The quantitative estimate of drug-likeness (QED) is 0.798. The number of carbonyl (C=O) groups is 1. The Balaban J connectivity index is 2.13. The lowest BCUT2D eigenvalue weighted by atomic mass is 9.91. The molecule has 1 aliphatic rings. The summed E-state index contributed by atoms with van der Waals surface area (Å²) in [5.74, 6) is 0.455. The van der Waals surface area contributed by atoms with Gasteiger partial charge in [-0.2, -0.15) is 0 Å². The molecule has 0 atom stereocenters. The second kappa shape index (κ2) is 6.47. The summed E-state index contributed by atoms with van der Waals surface area (Å²) in [5.41, 5.74) is 0.332. The molecule has 6 heteroatoms. The summed E-state index contributed by atoms with van der Waals surface area (Å²) in [4.78, 5) is 22.4. The fraction of sp³-hybridized carbons (Fsp3) is 0.615. The molecule has 1 saturated carbocycles. The standard InChI is InChI=1S/C13H20N4O2/c1-2-15-12-9-14-8-11(16-12)13(19)17(6-7-18)10-4-3-5-10/h8-10,18H,2-7H2,1H3,(H,15,16). The maximum absolute atomic E-state index is 12.4. The lowest BCUT2D eigenvalue weighted by Gasteiger charge is -2.37. The van der Waals surface area contributed by atoms with Gasteiger partial charge in [-0.1, -0.05) is 0 Å². The van der Waals surface area contributed by atoms with E-state index in [2.05, 4.69) is 15.3 Å². The SMILES string of the molecule is CCNc1cncc(C(=O)N(CCO)C2CCC2)n1. The van der Waals surface area contributed by atoms with Crippen LogP contribution in [0, 0.1) is 0 Å². The molecule has 0 aromatic carbocycles. The molecule has 0 unspecified atom stereocenters. The normalized spacial score (nSPS) is 14.8. The molecule has 1 amide bonds. The minimum atomic E-state index is -0.147. The molecule has 1 aromatic rings. The molecule has 2 rings (SSSR count). The lowest BCUT2D eigenvalue weighted by Crippen LogP contribution is -2.46. The van der Waals surface area contributed by atoms with Crippen molar-refractivity contribution in [1.82, 2.24) is 14.9 Å². The molecule has 1 heterocycles. The first-order valence-corrected chi connectivity index (χ1v) is 6.74. The molecule has 1 fully saturated rings. The molecule has 1 aliphatic carbocycles. The van der Waals surface area contributed by atoms with Crippen LogP contribution in [0.2, 0.25) is 0 Å². The van der Waals surface area contributed by atoms with Gasteiger partial charge in [-0.25, -0.2) is 4.98 Å². The molecule has 0 radical (unpaired) electrons. The van der Waals surface area contributed by atoms with Crippen molar-refractivity contribution in [1.29, 1.82) is 0 Å². The van der Waals surface area contributed by atoms with Crippen LogP contribution in [0.15, 0.2) is 12.4 Å². The van der Waals surface area contributed by atoms with Crippen molar-refractivity contribution in [3.63, 3.8) is 0 Å². The van der Waals surface area contributed by atoms with Crippen molar-refractivity contribution in [2.45, 2.75) is 32.2 Å². The highest BCUT2D eigenvalue weighted by Gasteiger charge is 2.29. The van der Waals surface area contributed by atoms with Crippen LogP contribution in [0.25, 0.3) is 0 Å². The maximum atomic E-state index is 12.4. The lowest BCUT2D eigenvalue weighted by molar-refractivity contribution is 0.0519. The van der Waals surface area contributed by atoms with E-state index in [4.69, 9.17) is 5.11 Å². The molecular formula is C13H20N4O2. The number of hydrogen-bond acceptors (Lipinski definition) is 5. The van der Waals surface area contributed by atoms with E-state index in [0.29, 0.717) is 18.1 Å². The number of hydrogen-bond donors (Lipinski definition) is 2. The highest BCUT2D eigenvalue weighted by molar-refractivity contribution is 5.92. The van der Waals surface area contributed by atoms with E-state index in [0.717, 1.165) is 25.8 Å². The minimum Gasteiger partial charge on any atom is -0.395 e. The van der Waals surface area contributed by atoms with Crippen LogP contribution in [-0.2, 0) is 0 Å². The molecule has 1 aromatic heterocycles. The van der Waals surface area contributed by atoms with Gasteiger partial charge >= 0.3 is 0 Å². The smallest absolute Gasteiger partial charge is 0.274 e. The van der Waals surface area contributed by atoms with Crippen LogP contribution < -0.4 is 5.32 Å².